The van der Waals surface area contributed by atoms with Crippen LogP contribution in [-0.4, -0.2) is 4.92 Å². The molecule has 6 nitrogen and oxygen atoms in total. The molecule has 0 fully saturated rings. The molecule has 2 rings (SSSR count). The largest absolute Gasteiger partial charge is 0.519 e. The molecule has 0 atom stereocenters. The lowest BCUT2D eigenvalue weighted by Gasteiger charge is -1.92. The van der Waals surface area contributed by atoms with Crippen LogP contribution in [0.1, 0.15) is 5.56 Å². The second-order valence-electron chi connectivity index (χ2n) is 2.82. The molecule has 0 aliphatic carbocycles. The summed E-state index contributed by atoms with van der Waals surface area (Å²) >= 11 is 0. The van der Waals surface area contributed by atoms with Gasteiger partial charge in [0.25, 0.3) is 5.58 Å². The summed E-state index contributed by atoms with van der Waals surface area (Å²) in [6.07, 6.45) is 0. The number of aryl methyl sites for hydroxylation is 1. The molecular weight excluding hydrogens is 190 g/mol. The second-order valence-corrected chi connectivity index (χ2v) is 2.82. The number of nitro groups is 1. The molecule has 0 spiro atoms. The Labute approximate surface area is 76.9 Å². The summed E-state index contributed by atoms with van der Waals surface area (Å²) in [6.45, 7) is 1.67. The van der Waals surface area contributed by atoms with E-state index in [9.17, 15) is 14.9 Å². The monoisotopic (exact) mass is 195 g/mol. The van der Waals surface area contributed by atoms with Crippen molar-refractivity contribution < 1.29 is 13.8 Å². The molecule has 0 saturated heterocycles. The van der Waals surface area contributed by atoms with E-state index in [1.165, 1.54) is 12.1 Å². The summed E-state index contributed by atoms with van der Waals surface area (Å²) in [5.74, 6) is -0.936. The van der Waals surface area contributed by atoms with Gasteiger partial charge in [0.2, 0.25) is 0 Å². The molecule has 0 N–H and O–H groups in total. The van der Waals surface area contributed by atoms with Crippen molar-refractivity contribution in [3.63, 3.8) is 0 Å². The first-order chi connectivity index (χ1) is 6.58. The normalized spacial score (nSPS) is 10.6. The zero-order valence-electron chi connectivity index (χ0n) is 7.14. The maximum atomic E-state index is 10.7. The van der Waals surface area contributed by atoms with Gasteiger partial charge >= 0.3 is 11.5 Å². The first-order valence-electron chi connectivity index (χ1n) is 3.76. The second kappa shape index (κ2) is 2.69. The third-order valence-electron chi connectivity index (χ3n) is 1.75. The minimum absolute atomic E-state index is 0.0988. The molecular formula is C8H5NO5. The molecule has 0 saturated carbocycles. The number of nitro benzene ring substituents is 1. The van der Waals surface area contributed by atoms with Gasteiger partial charge in [-0.25, -0.2) is 4.79 Å². The minimum atomic E-state index is -0.936. The summed E-state index contributed by atoms with van der Waals surface area (Å²) < 4.78 is 9.16. The molecule has 1 aromatic heterocycles. The highest BCUT2D eigenvalue weighted by atomic mass is 16.6. The van der Waals surface area contributed by atoms with Crippen molar-refractivity contribution in [3.8, 4) is 0 Å². The highest BCUT2D eigenvalue weighted by Crippen LogP contribution is 2.26. The SMILES string of the molecule is Cc1cc([N+](=O)[O-])c2oc(=O)oc2c1. The van der Waals surface area contributed by atoms with Crippen LogP contribution < -0.4 is 5.82 Å². The Kier molecular flexibility index (Phi) is 1.63. The van der Waals surface area contributed by atoms with Gasteiger partial charge in [0.05, 0.1) is 4.92 Å². The molecule has 0 radical (unpaired) electrons. The maximum Gasteiger partial charge on any atom is 0.519 e. The van der Waals surface area contributed by atoms with Gasteiger partial charge in [-0.15, -0.1) is 0 Å². The number of benzene rings is 1. The van der Waals surface area contributed by atoms with Crippen molar-refractivity contribution in [1.29, 1.82) is 0 Å². The number of nitrogens with zero attached hydrogens (tertiary/aromatic N) is 1. The van der Waals surface area contributed by atoms with Gasteiger partial charge in [0.1, 0.15) is 0 Å². The topological polar surface area (TPSA) is 86.5 Å². The Balaban J connectivity index is 2.92. The minimum Gasteiger partial charge on any atom is -0.390 e. The number of fused-ring (bicyclic) bond motifs is 1. The first-order valence-corrected chi connectivity index (χ1v) is 3.76. The van der Waals surface area contributed by atoms with E-state index in [2.05, 4.69) is 8.83 Å². The first kappa shape index (κ1) is 8.49. The smallest absolute Gasteiger partial charge is 0.390 e. The fourth-order valence-electron chi connectivity index (χ4n) is 1.23. The fourth-order valence-corrected chi connectivity index (χ4v) is 1.23. The van der Waals surface area contributed by atoms with Crippen molar-refractivity contribution in [2.45, 2.75) is 6.92 Å². The van der Waals surface area contributed by atoms with Crippen molar-refractivity contribution in [3.05, 3.63) is 38.4 Å². The summed E-state index contributed by atoms with van der Waals surface area (Å²) in [4.78, 5) is 20.7. The Morgan fingerprint density at radius 3 is 2.71 bits per heavy atom. The van der Waals surface area contributed by atoms with Crippen LogP contribution in [0.4, 0.5) is 5.69 Å². The molecule has 0 aliphatic heterocycles. The number of hydrogen-bond acceptors (Lipinski definition) is 5. The van der Waals surface area contributed by atoms with Gasteiger partial charge in [-0.2, -0.15) is 0 Å². The fraction of sp³-hybridized carbons (Fsp3) is 0.125. The van der Waals surface area contributed by atoms with E-state index in [0.29, 0.717) is 5.56 Å². The third kappa shape index (κ3) is 1.17. The van der Waals surface area contributed by atoms with E-state index < -0.39 is 10.7 Å². The van der Waals surface area contributed by atoms with Crippen LogP contribution in [0, 0.1) is 17.0 Å². The Bertz CT molecular complexity index is 565. The lowest BCUT2D eigenvalue weighted by Crippen LogP contribution is -1.89. The predicted octanol–water partition coefficient (Wildman–Crippen LogP) is 1.60. The van der Waals surface area contributed by atoms with Crippen LogP contribution in [0.25, 0.3) is 11.2 Å². The van der Waals surface area contributed by atoms with Crippen LogP contribution in [0.5, 0.6) is 0 Å². The van der Waals surface area contributed by atoms with Gasteiger partial charge in [-0.1, -0.05) is 0 Å². The zero-order chi connectivity index (χ0) is 10.3. The summed E-state index contributed by atoms with van der Waals surface area (Å²) in [5.41, 5.74) is 0.354. The molecule has 0 bridgehead atoms. The van der Waals surface area contributed by atoms with Crippen molar-refractivity contribution in [2.75, 3.05) is 0 Å². The molecule has 1 aromatic carbocycles. The average molecular weight is 195 g/mol. The molecule has 2 aromatic rings. The summed E-state index contributed by atoms with van der Waals surface area (Å²) in [5, 5.41) is 10.6. The molecule has 14 heavy (non-hydrogen) atoms. The van der Waals surface area contributed by atoms with E-state index >= 15 is 0 Å². The molecule has 0 aliphatic rings. The van der Waals surface area contributed by atoms with E-state index in [0.717, 1.165) is 0 Å². The summed E-state index contributed by atoms with van der Waals surface area (Å²) in [6, 6.07) is 2.83. The van der Waals surface area contributed by atoms with E-state index in [-0.39, 0.29) is 16.9 Å². The van der Waals surface area contributed by atoms with Gasteiger partial charge in [0.15, 0.2) is 5.58 Å². The van der Waals surface area contributed by atoms with Crippen molar-refractivity contribution >= 4 is 16.9 Å². The number of non-ortho nitro benzene ring substituents is 1. The zero-order valence-corrected chi connectivity index (χ0v) is 7.14. The number of hydrogen-bond donors (Lipinski definition) is 0. The van der Waals surface area contributed by atoms with Crippen LogP contribution in [0.3, 0.4) is 0 Å². The van der Waals surface area contributed by atoms with E-state index in [1.54, 1.807) is 6.92 Å². The quantitative estimate of drug-likeness (QED) is 0.509. The van der Waals surface area contributed by atoms with Gasteiger partial charge in [-0.05, 0) is 18.6 Å². The Hall–Kier alpha value is -2.11. The molecule has 0 amide bonds. The standard InChI is InChI=1S/C8H5NO5/c1-4-2-5(9(11)12)7-6(3-4)13-8(10)14-7/h2-3H,1H3. The molecule has 72 valence electrons. The average Bonchev–Trinajstić information content (AvgIpc) is 2.42. The van der Waals surface area contributed by atoms with Crippen molar-refractivity contribution in [1.82, 2.24) is 0 Å². The van der Waals surface area contributed by atoms with Crippen LogP contribution >= 0.6 is 0 Å². The lowest BCUT2D eigenvalue weighted by molar-refractivity contribution is -0.383. The van der Waals surface area contributed by atoms with Gasteiger partial charge < -0.3 is 8.83 Å². The van der Waals surface area contributed by atoms with Crippen LogP contribution in [0.2, 0.25) is 0 Å². The van der Waals surface area contributed by atoms with Crippen LogP contribution in [0.15, 0.2) is 25.8 Å². The van der Waals surface area contributed by atoms with E-state index in [1.807, 2.05) is 0 Å². The van der Waals surface area contributed by atoms with Gasteiger partial charge in [-0.3, -0.25) is 10.1 Å². The highest BCUT2D eigenvalue weighted by Gasteiger charge is 2.18. The highest BCUT2D eigenvalue weighted by molar-refractivity contribution is 5.81. The Morgan fingerprint density at radius 2 is 2.07 bits per heavy atom. The predicted molar refractivity (Wildman–Crippen MR) is 46.1 cm³/mol. The molecule has 0 unspecified atom stereocenters. The lowest BCUT2D eigenvalue weighted by atomic mass is 10.2. The van der Waals surface area contributed by atoms with Crippen molar-refractivity contribution in [2.24, 2.45) is 0 Å². The molecule has 1 heterocycles. The molecule has 6 heteroatoms. The van der Waals surface area contributed by atoms with Crippen LogP contribution in [-0.2, 0) is 0 Å². The summed E-state index contributed by atoms with van der Waals surface area (Å²) in [7, 11) is 0. The number of rotatable bonds is 1. The third-order valence-corrected chi connectivity index (χ3v) is 1.75. The van der Waals surface area contributed by atoms with Gasteiger partial charge in [0, 0.05) is 6.07 Å². The Morgan fingerprint density at radius 1 is 1.36 bits per heavy atom. The van der Waals surface area contributed by atoms with E-state index in [4.69, 9.17) is 0 Å². The maximum absolute atomic E-state index is 10.7.